The summed E-state index contributed by atoms with van der Waals surface area (Å²) in [5.41, 5.74) is -0.0647. The first-order valence-electron chi connectivity index (χ1n) is 7.40. The van der Waals surface area contributed by atoms with Crippen molar-refractivity contribution in [3.8, 4) is 6.07 Å². The van der Waals surface area contributed by atoms with Crippen molar-refractivity contribution in [1.29, 1.82) is 5.26 Å². The van der Waals surface area contributed by atoms with Gasteiger partial charge in [0.05, 0.1) is 11.6 Å². The molecule has 23 heavy (non-hydrogen) atoms. The smallest absolute Gasteiger partial charge is 0.324 e. The molecule has 7 heteroatoms. The minimum Gasteiger partial charge on any atom is -0.324 e. The minimum absolute atomic E-state index is 0.358. The van der Waals surface area contributed by atoms with Crippen LogP contribution in [0.3, 0.4) is 0 Å². The van der Waals surface area contributed by atoms with Crippen LogP contribution in [0.15, 0.2) is 24.3 Å². The van der Waals surface area contributed by atoms with Crippen LogP contribution in [-0.4, -0.2) is 34.8 Å². The number of nitriles is 1. The predicted octanol–water partition coefficient (Wildman–Crippen LogP) is 1.61. The van der Waals surface area contributed by atoms with E-state index in [1.54, 1.807) is 18.2 Å². The summed E-state index contributed by atoms with van der Waals surface area (Å²) in [7, 11) is 0. The van der Waals surface area contributed by atoms with Crippen LogP contribution in [0.4, 0.5) is 10.5 Å². The van der Waals surface area contributed by atoms with Gasteiger partial charge in [-0.15, -0.1) is 0 Å². The van der Waals surface area contributed by atoms with Crippen LogP contribution in [0.25, 0.3) is 0 Å². The zero-order valence-corrected chi connectivity index (χ0v) is 13.0. The summed E-state index contributed by atoms with van der Waals surface area (Å²) in [6.45, 7) is 3.28. The number of carbonyl (C=O) groups is 3. The summed E-state index contributed by atoms with van der Waals surface area (Å²) in [4.78, 5) is 37.4. The van der Waals surface area contributed by atoms with Gasteiger partial charge < -0.3 is 10.6 Å². The van der Waals surface area contributed by atoms with Crippen LogP contribution >= 0.6 is 0 Å². The minimum atomic E-state index is -0.919. The van der Waals surface area contributed by atoms with Gasteiger partial charge in [0.2, 0.25) is 5.91 Å². The van der Waals surface area contributed by atoms with Crippen LogP contribution in [0.2, 0.25) is 0 Å². The largest absolute Gasteiger partial charge is 0.325 e. The van der Waals surface area contributed by atoms with Gasteiger partial charge in [0, 0.05) is 5.69 Å². The fourth-order valence-corrected chi connectivity index (χ4v) is 2.56. The molecule has 1 fully saturated rings. The molecule has 1 aromatic carbocycles. The Morgan fingerprint density at radius 2 is 2.04 bits per heavy atom. The third kappa shape index (κ3) is 3.16. The second-order valence-corrected chi connectivity index (χ2v) is 5.35. The van der Waals surface area contributed by atoms with E-state index in [2.05, 4.69) is 10.6 Å². The molecule has 0 aromatic heterocycles. The zero-order valence-electron chi connectivity index (χ0n) is 13.0. The maximum atomic E-state index is 12.4. The van der Waals surface area contributed by atoms with E-state index in [4.69, 9.17) is 5.26 Å². The van der Waals surface area contributed by atoms with Crippen molar-refractivity contribution in [2.45, 2.75) is 32.2 Å². The number of rotatable bonds is 5. The fraction of sp³-hybridized carbons (Fsp3) is 0.375. The number of nitrogens with zero attached hydrogens (tertiary/aromatic N) is 2. The van der Waals surface area contributed by atoms with Crippen LogP contribution < -0.4 is 10.6 Å². The molecule has 0 unspecified atom stereocenters. The van der Waals surface area contributed by atoms with Gasteiger partial charge in [0.25, 0.3) is 5.91 Å². The molecule has 0 radical (unpaired) electrons. The van der Waals surface area contributed by atoms with Crippen molar-refractivity contribution >= 4 is 23.5 Å². The number of carbonyl (C=O) groups excluding carboxylic acids is 3. The van der Waals surface area contributed by atoms with Gasteiger partial charge in [-0.3, -0.25) is 14.5 Å². The van der Waals surface area contributed by atoms with Crippen molar-refractivity contribution in [2.75, 3.05) is 11.9 Å². The van der Waals surface area contributed by atoms with Crippen LogP contribution in [-0.2, 0) is 9.59 Å². The van der Waals surface area contributed by atoms with Crippen LogP contribution in [0.5, 0.6) is 0 Å². The first-order chi connectivity index (χ1) is 11.0. The Bertz CT molecular complexity index is 689. The van der Waals surface area contributed by atoms with E-state index in [9.17, 15) is 14.4 Å². The van der Waals surface area contributed by atoms with Crippen LogP contribution in [0.1, 0.15) is 32.3 Å². The molecule has 1 aromatic rings. The average Bonchev–Trinajstić information content (AvgIpc) is 2.79. The molecule has 1 aliphatic heterocycles. The van der Waals surface area contributed by atoms with Gasteiger partial charge in [-0.25, -0.2) is 4.79 Å². The molecule has 0 saturated carbocycles. The summed E-state index contributed by atoms with van der Waals surface area (Å²) in [5, 5.41) is 14.1. The molecule has 0 spiro atoms. The molecule has 0 atom stereocenters. The molecule has 0 aliphatic carbocycles. The van der Waals surface area contributed by atoms with Gasteiger partial charge in [0.15, 0.2) is 0 Å². The van der Waals surface area contributed by atoms with Crippen molar-refractivity contribution < 1.29 is 14.4 Å². The number of nitrogens with one attached hydrogen (secondary N) is 2. The second-order valence-electron chi connectivity index (χ2n) is 5.35. The normalized spacial score (nSPS) is 16.0. The summed E-state index contributed by atoms with van der Waals surface area (Å²) < 4.78 is 0. The number of amides is 4. The third-order valence-corrected chi connectivity index (χ3v) is 4.03. The number of anilines is 1. The number of urea groups is 1. The Kier molecular flexibility index (Phi) is 4.65. The lowest BCUT2D eigenvalue weighted by atomic mass is 9.93. The molecular formula is C16H18N4O3. The molecule has 2 N–H and O–H groups in total. The standard InChI is InChI=1S/C16H18N4O3/c1-3-16(4-2)14(22)20(15(23)19-16)10-13(21)18-12-7-5-6-11(8-12)9-17/h5-8H,3-4,10H2,1-2H3,(H,18,21)(H,19,23). The van der Waals surface area contributed by atoms with E-state index in [0.29, 0.717) is 24.1 Å². The van der Waals surface area contributed by atoms with Crippen molar-refractivity contribution in [2.24, 2.45) is 0 Å². The van der Waals surface area contributed by atoms with E-state index >= 15 is 0 Å². The van der Waals surface area contributed by atoms with Gasteiger partial charge in [0.1, 0.15) is 12.1 Å². The summed E-state index contributed by atoms with van der Waals surface area (Å²) in [6.07, 6.45) is 0.937. The van der Waals surface area contributed by atoms with Crippen LogP contribution in [0, 0.1) is 11.3 Å². The van der Waals surface area contributed by atoms with Gasteiger partial charge in [-0.05, 0) is 31.0 Å². The van der Waals surface area contributed by atoms with Gasteiger partial charge in [-0.1, -0.05) is 19.9 Å². The maximum Gasteiger partial charge on any atom is 0.325 e. The monoisotopic (exact) mass is 314 g/mol. The van der Waals surface area contributed by atoms with E-state index in [-0.39, 0.29) is 12.5 Å². The Labute approximate surface area is 134 Å². The Hall–Kier alpha value is -2.88. The molecule has 1 aliphatic rings. The molecular weight excluding hydrogens is 296 g/mol. The Morgan fingerprint density at radius 3 is 2.61 bits per heavy atom. The average molecular weight is 314 g/mol. The highest BCUT2D eigenvalue weighted by Gasteiger charge is 2.49. The topological polar surface area (TPSA) is 102 Å². The highest BCUT2D eigenvalue weighted by Crippen LogP contribution is 2.24. The summed E-state index contributed by atoms with van der Waals surface area (Å²) >= 11 is 0. The molecule has 4 amide bonds. The fourth-order valence-electron chi connectivity index (χ4n) is 2.56. The molecule has 7 nitrogen and oxygen atoms in total. The van der Waals surface area contributed by atoms with Crippen molar-refractivity contribution in [3.63, 3.8) is 0 Å². The highest BCUT2D eigenvalue weighted by atomic mass is 16.2. The van der Waals surface area contributed by atoms with E-state index in [1.807, 2.05) is 19.9 Å². The first-order valence-corrected chi connectivity index (χ1v) is 7.40. The lowest BCUT2D eigenvalue weighted by Crippen LogP contribution is -2.46. The van der Waals surface area contributed by atoms with Gasteiger partial charge in [-0.2, -0.15) is 5.26 Å². The highest BCUT2D eigenvalue weighted by molar-refractivity contribution is 6.10. The summed E-state index contributed by atoms with van der Waals surface area (Å²) in [5.74, 6) is -0.875. The number of imide groups is 1. The molecule has 2 rings (SSSR count). The SMILES string of the molecule is CCC1(CC)NC(=O)N(CC(=O)Nc2cccc(C#N)c2)C1=O. The van der Waals surface area contributed by atoms with Gasteiger partial charge >= 0.3 is 6.03 Å². The number of hydrogen-bond donors (Lipinski definition) is 2. The zero-order chi connectivity index (χ0) is 17.0. The lowest BCUT2D eigenvalue weighted by molar-refractivity contribution is -0.134. The van der Waals surface area contributed by atoms with E-state index in [1.165, 1.54) is 6.07 Å². The number of benzene rings is 1. The summed E-state index contributed by atoms with van der Waals surface area (Å²) in [6, 6.07) is 7.82. The first kappa shape index (κ1) is 16.5. The predicted molar refractivity (Wildman–Crippen MR) is 83.3 cm³/mol. The third-order valence-electron chi connectivity index (χ3n) is 4.03. The Morgan fingerprint density at radius 1 is 1.35 bits per heavy atom. The second kappa shape index (κ2) is 6.48. The van der Waals surface area contributed by atoms with Crippen molar-refractivity contribution in [3.05, 3.63) is 29.8 Å². The molecule has 120 valence electrons. The molecule has 0 bridgehead atoms. The molecule has 1 saturated heterocycles. The lowest BCUT2D eigenvalue weighted by Gasteiger charge is -2.23. The quantitative estimate of drug-likeness (QED) is 0.806. The maximum absolute atomic E-state index is 12.4. The van der Waals surface area contributed by atoms with Crippen molar-refractivity contribution in [1.82, 2.24) is 10.2 Å². The van der Waals surface area contributed by atoms with E-state index < -0.39 is 17.5 Å². The Balaban J connectivity index is 2.07. The van der Waals surface area contributed by atoms with E-state index in [0.717, 1.165) is 4.90 Å². The number of hydrogen-bond acceptors (Lipinski definition) is 4. The molecule has 1 heterocycles.